The van der Waals surface area contributed by atoms with Gasteiger partial charge in [-0.2, -0.15) is 0 Å². The van der Waals surface area contributed by atoms with Crippen LogP contribution in [0.4, 0.5) is 11.4 Å². The van der Waals surface area contributed by atoms with Crippen LogP contribution >= 0.6 is 0 Å². The normalized spacial score (nSPS) is 17.8. The molecule has 0 bridgehead atoms. The topological polar surface area (TPSA) is 45.2 Å². The second-order valence-corrected chi connectivity index (χ2v) is 6.36. The van der Waals surface area contributed by atoms with E-state index in [1.54, 1.807) is 0 Å². The summed E-state index contributed by atoms with van der Waals surface area (Å²) >= 11 is 0. The number of rotatable bonds is 3. The molecule has 3 rings (SSSR count). The molecule has 1 aliphatic rings. The number of nitrogens with one attached hydrogen (secondary N) is 1. The summed E-state index contributed by atoms with van der Waals surface area (Å²) in [6.45, 7) is 6.39. The third-order valence-electron chi connectivity index (χ3n) is 4.40. The Kier molecular flexibility index (Phi) is 4.60. The Morgan fingerprint density at radius 3 is 2.78 bits per heavy atom. The number of piperidine rings is 1. The van der Waals surface area contributed by atoms with Crippen LogP contribution < -0.4 is 10.2 Å². The maximum Gasteiger partial charge on any atom is 0.274 e. The highest BCUT2D eigenvalue weighted by Gasteiger charge is 2.17. The van der Waals surface area contributed by atoms with Crippen LogP contribution in [0.15, 0.2) is 42.6 Å². The molecule has 120 valence electrons. The molecule has 23 heavy (non-hydrogen) atoms. The van der Waals surface area contributed by atoms with Crippen LogP contribution in [-0.2, 0) is 0 Å². The van der Waals surface area contributed by atoms with Crippen molar-refractivity contribution in [1.82, 2.24) is 4.98 Å². The van der Waals surface area contributed by atoms with Crippen molar-refractivity contribution in [2.75, 3.05) is 23.3 Å². The molecular weight excluding hydrogens is 286 g/mol. The number of carbonyl (C=O) groups excluding carboxylic acids is 1. The average Bonchev–Trinajstić information content (AvgIpc) is 2.57. The number of hydrogen-bond acceptors (Lipinski definition) is 3. The summed E-state index contributed by atoms with van der Waals surface area (Å²) in [6.07, 6.45) is 4.32. The molecule has 4 nitrogen and oxygen atoms in total. The molecule has 1 aliphatic heterocycles. The van der Waals surface area contributed by atoms with E-state index in [2.05, 4.69) is 22.1 Å². The van der Waals surface area contributed by atoms with Crippen LogP contribution in [0.3, 0.4) is 0 Å². The molecule has 1 atom stereocenters. The van der Waals surface area contributed by atoms with Crippen LogP contribution in [0.25, 0.3) is 0 Å². The number of para-hydroxylation sites is 1. The smallest absolute Gasteiger partial charge is 0.274 e. The second kappa shape index (κ2) is 6.82. The monoisotopic (exact) mass is 309 g/mol. The Morgan fingerprint density at radius 2 is 2.09 bits per heavy atom. The van der Waals surface area contributed by atoms with Crippen molar-refractivity contribution in [2.45, 2.75) is 26.7 Å². The number of amides is 1. The maximum absolute atomic E-state index is 12.3. The fourth-order valence-electron chi connectivity index (χ4n) is 3.03. The minimum absolute atomic E-state index is 0.169. The van der Waals surface area contributed by atoms with Crippen LogP contribution in [0.2, 0.25) is 0 Å². The molecule has 0 saturated carbocycles. The second-order valence-electron chi connectivity index (χ2n) is 6.36. The number of aryl methyl sites for hydroxylation is 1. The quantitative estimate of drug-likeness (QED) is 0.936. The molecule has 0 aliphatic carbocycles. The molecule has 2 aromatic rings. The van der Waals surface area contributed by atoms with Gasteiger partial charge in [-0.05, 0) is 49.4 Å². The van der Waals surface area contributed by atoms with Crippen LogP contribution in [0.1, 0.15) is 35.8 Å². The largest absolute Gasteiger partial charge is 0.370 e. The van der Waals surface area contributed by atoms with Gasteiger partial charge < -0.3 is 10.2 Å². The number of aromatic nitrogens is 1. The van der Waals surface area contributed by atoms with Crippen molar-refractivity contribution in [3.05, 3.63) is 53.9 Å². The predicted octanol–water partition coefficient (Wildman–Crippen LogP) is 3.88. The Bertz CT molecular complexity index is 681. The zero-order chi connectivity index (χ0) is 16.2. The average molecular weight is 309 g/mol. The van der Waals surface area contributed by atoms with Crippen LogP contribution in [0.5, 0.6) is 0 Å². The van der Waals surface area contributed by atoms with Crippen LogP contribution in [-0.4, -0.2) is 24.0 Å². The highest BCUT2D eigenvalue weighted by molar-refractivity contribution is 6.03. The molecule has 0 spiro atoms. The molecule has 1 amide bonds. The number of hydrogen-bond donors (Lipinski definition) is 1. The lowest BCUT2D eigenvalue weighted by molar-refractivity contribution is 0.102. The third-order valence-corrected chi connectivity index (χ3v) is 4.40. The van der Waals surface area contributed by atoms with Crippen molar-refractivity contribution < 1.29 is 4.79 Å². The number of benzene rings is 1. The molecule has 2 heterocycles. The molecule has 1 saturated heterocycles. The van der Waals surface area contributed by atoms with Gasteiger partial charge in [-0.15, -0.1) is 0 Å². The molecule has 1 fully saturated rings. The van der Waals surface area contributed by atoms with Gasteiger partial charge in [0.1, 0.15) is 5.69 Å². The van der Waals surface area contributed by atoms with E-state index in [0.717, 1.165) is 30.0 Å². The van der Waals surface area contributed by atoms with Gasteiger partial charge in [-0.25, -0.2) is 4.98 Å². The first-order valence-electron chi connectivity index (χ1n) is 8.21. The van der Waals surface area contributed by atoms with Crippen molar-refractivity contribution in [2.24, 2.45) is 5.92 Å². The Balaban J connectivity index is 1.69. The molecule has 1 N–H and O–H groups in total. The Morgan fingerprint density at radius 1 is 1.26 bits per heavy atom. The fourth-order valence-corrected chi connectivity index (χ4v) is 3.03. The van der Waals surface area contributed by atoms with Gasteiger partial charge in [0.15, 0.2) is 0 Å². The summed E-state index contributed by atoms with van der Waals surface area (Å²) in [6, 6.07) is 11.6. The van der Waals surface area contributed by atoms with E-state index in [-0.39, 0.29) is 5.91 Å². The van der Waals surface area contributed by atoms with E-state index in [1.165, 1.54) is 12.8 Å². The molecule has 1 aromatic heterocycles. The first-order chi connectivity index (χ1) is 11.1. The lowest BCUT2D eigenvalue weighted by atomic mass is 10.00. The molecular formula is C19H23N3O. The van der Waals surface area contributed by atoms with E-state index in [1.807, 2.05) is 49.5 Å². The fraction of sp³-hybridized carbons (Fsp3) is 0.368. The molecule has 1 aromatic carbocycles. The first-order valence-corrected chi connectivity index (χ1v) is 8.21. The SMILES string of the molecule is Cc1ccccc1NC(=O)c1ccc(N2CCCC(C)C2)cn1. The summed E-state index contributed by atoms with van der Waals surface area (Å²) in [4.78, 5) is 19.0. The predicted molar refractivity (Wildman–Crippen MR) is 94.0 cm³/mol. The van der Waals surface area contributed by atoms with Gasteiger partial charge in [-0.3, -0.25) is 4.79 Å². The van der Waals surface area contributed by atoms with Crippen LogP contribution in [0, 0.1) is 12.8 Å². The standard InChI is InChI=1S/C19H23N3O/c1-14-6-5-11-22(13-14)16-9-10-18(20-12-16)19(23)21-17-8-4-3-7-15(17)2/h3-4,7-10,12,14H,5-6,11,13H2,1-2H3,(H,21,23). The maximum atomic E-state index is 12.3. The van der Waals surface area contributed by atoms with E-state index in [4.69, 9.17) is 0 Å². The van der Waals surface area contributed by atoms with Crippen molar-refractivity contribution in [1.29, 1.82) is 0 Å². The summed E-state index contributed by atoms with van der Waals surface area (Å²) in [7, 11) is 0. The van der Waals surface area contributed by atoms with E-state index in [0.29, 0.717) is 11.6 Å². The molecule has 4 heteroatoms. The Hall–Kier alpha value is -2.36. The van der Waals surface area contributed by atoms with Gasteiger partial charge in [0, 0.05) is 18.8 Å². The number of anilines is 2. The zero-order valence-electron chi connectivity index (χ0n) is 13.7. The van der Waals surface area contributed by atoms with Gasteiger partial charge in [0.25, 0.3) is 5.91 Å². The van der Waals surface area contributed by atoms with E-state index in [9.17, 15) is 4.79 Å². The highest BCUT2D eigenvalue weighted by atomic mass is 16.1. The number of nitrogens with zero attached hydrogens (tertiary/aromatic N) is 2. The molecule has 1 unspecified atom stereocenters. The summed E-state index contributed by atoms with van der Waals surface area (Å²) in [5.74, 6) is 0.547. The number of carbonyl (C=O) groups is 1. The minimum atomic E-state index is -0.169. The Labute approximate surface area is 137 Å². The number of pyridine rings is 1. The van der Waals surface area contributed by atoms with E-state index < -0.39 is 0 Å². The van der Waals surface area contributed by atoms with Gasteiger partial charge in [0.2, 0.25) is 0 Å². The minimum Gasteiger partial charge on any atom is -0.370 e. The lowest BCUT2D eigenvalue weighted by Gasteiger charge is -2.32. The van der Waals surface area contributed by atoms with Gasteiger partial charge in [-0.1, -0.05) is 25.1 Å². The van der Waals surface area contributed by atoms with E-state index >= 15 is 0 Å². The first kappa shape index (κ1) is 15.5. The summed E-state index contributed by atoms with van der Waals surface area (Å²) < 4.78 is 0. The molecule has 0 radical (unpaired) electrons. The third kappa shape index (κ3) is 3.70. The van der Waals surface area contributed by atoms with Crippen molar-refractivity contribution >= 4 is 17.3 Å². The van der Waals surface area contributed by atoms with Gasteiger partial charge >= 0.3 is 0 Å². The highest BCUT2D eigenvalue weighted by Crippen LogP contribution is 2.22. The van der Waals surface area contributed by atoms with Crippen molar-refractivity contribution in [3.8, 4) is 0 Å². The summed E-state index contributed by atoms with van der Waals surface area (Å²) in [5.41, 5.74) is 3.42. The van der Waals surface area contributed by atoms with Crippen molar-refractivity contribution in [3.63, 3.8) is 0 Å². The zero-order valence-corrected chi connectivity index (χ0v) is 13.7. The van der Waals surface area contributed by atoms with Gasteiger partial charge in [0.05, 0.1) is 11.9 Å². The lowest BCUT2D eigenvalue weighted by Crippen LogP contribution is -2.34. The summed E-state index contributed by atoms with van der Waals surface area (Å²) in [5, 5.41) is 2.92.